The highest BCUT2D eigenvalue weighted by Gasteiger charge is 2.21. The number of benzene rings is 3. The molecule has 248 valence electrons. The van der Waals surface area contributed by atoms with Gasteiger partial charge in [0.25, 0.3) is 11.9 Å². The summed E-state index contributed by atoms with van der Waals surface area (Å²) in [6.07, 6.45) is 1.65. The molecule has 0 fully saturated rings. The first-order chi connectivity index (χ1) is 23.2. The number of Topliss-reactive ketones (excluding diaryl/α,β-unsaturated/α-hetero) is 1. The third-order valence-corrected chi connectivity index (χ3v) is 8.35. The van der Waals surface area contributed by atoms with Gasteiger partial charge in [-0.25, -0.2) is 0 Å². The van der Waals surface area contributed by atoms with Crippen molar-refractivity contribution in [3.63, 3.8) is 0 Å². The van der Waals surface area contributed by atoms with Crippen LogP contribution in [0.15, 0.2) is 79.0 Å². The van der Waals surface area contributed by atoms with Gasteiger partial charge in [0.1, 0.15) is 30.2 Å². The number of nitrogens with one attached hydrogen (secondary N) is 1. The predicted octanol–water partition coefficient (Wildman–Crippen LogP) is 6.12. The number of imidazole rings is 1. The standard InChI is InChI=1S/C35H33Cl2N5O6/c1-38-34(45)22-10-13-25(14-11-22)47-20-24(43)12-17-31(44)41(2)28-16-15-27(36)26(32(28)37)21-48-30-9-6-8-29-33(30)40-35(46-3)42(29)19-23-7-4-5-18-39-23/h4-11,13-16,18H,12,17,19-21H2,1-3H3,(H,38,45). The highest BCUT2D eigenvalue weighted by atomic mass is 35.5. The number of amides is 2. The number of ketones is 1. The molecule has 0 atom stereocenters. The summed E-state index contributed by atoms with van der Waals surface area (Å²) in [5.41, 5.74) is 3.62. The van der Waals surface area contributed by atoms with Gasteiger partial charge in [0, 0.05) is 49.3 Å². The zero-order valence-corrected chi connectivity index (χ0v) is 28.0. The Morgan fingerprint density at radius 1 is 0.938 bits per heavy atom. The van der Waals surface area contributed by atoms with Gasteiger partial charge in [0.2, 0.25) is 5.91 Å². The number of carbonyl (C=O) groups is 3. The molecule has 0 aliphatic carbocycles. The van der Waals surface area contributed by atoms with Crippen LogP contribution < -0.4 is 24.4 Å². The third kappa shape index (κ3) is 7.87. The van der Waals surface area contributed by atoms with Crippen LogP contribution in [0.1, 0.15) is 34.5 Å². The van der Waals surface area contributed by atoms with E-state index in [9.17, 15) is 14.4 Å². The number of fused-ring (bicyclic) bond motifs is 1. The van der Waals surface area contributed by atoms with E-state index in [0.717, 1.165) is 11.2 Å². The summed E-state index contributed by atoms with van der Waals surface area (Å²) in [7, 11) is 4.68. The van der Waals surface area contributed by atoms with Gasteiger partial charge >= 0.3 is 0 Å². The van der Waals surface area contributed by atoms with E-state index < -0.39 is 0 Å². The average molecular weight is 691 g/mol. The highest BCUT2D eigenvalue weighted by molar-refractivity contribution is 6.38. The molecule has 11 nitrogen and oxygen atoms in total. The maximum Gasteiger partial charge on any atom is 0.297 e. The number of ether oxygens (including phenoxy) is 3. The molecule has 0 aliphatic rings. The maximum absolute atomic E-state index is 13.1. The molecule has 13 heteroatoms. The van der Waals surface area contributed by atoms with Gasteiger partial charge in [0.05, 0.1) is 35.6 Å². The van der Waals surface area contributed by atoms with Crippen molar-refractivity contribution in [2.45, 2.75) is 26.0 Å². The number of anilines is 1. The molecular formula is C35H33Cl2N5O6. The van der Waals surface area contributed by atoms with Crippen LogP contribution in [0.2, 0.25) is 10.0 Å². The maximum atomic E-state index is 13.1. The zero-order chi connectivity index (χ0) is 34.2. The fourth-order valence-corrected chi connectivity index (χ4v) is 5.54. The average Bonchev–Trinajstić information content (AvgIpc) is 3.47. The van der Waals surface area contributed by atoms with Crippen molar-refractivity contribution in [2.24, 2.45) is 0 Å². The molecule has 0 radical (unpaired) electrons. The van der Waals surface area contributed by atoms with Crippen LogP contribution in [0.5, 0.6) is 17.5 Å². The van der Waals surface area contributed by atoms with Crippen molar-refractivity contribution in [3.8, 4) is 17.5 Å². The van der Waals surface area contributed by atoms with Crippen molar-refractivity contribution in [3.05, 3.63) is 106 Å². The summed E-state index contributed by atoms with van der Waals surface area (Å²) in [5, 5.41) is 3.15. The molecule has 0 bridgehead atoms. The Kier molecular flexibility index (Phi) is 11.1. The Hall–Kier alpha value is -5.13. The van der Waals surface area contributed by atoms with E-state index in [-0.39, 0.29) is 48.7 Å². The lowest BCUT2D eigenvalue weighted by Crippen LogP contribution is -2.27. The Morgan fingerprint density at radius 2 is 1.73 bits per heavy atom. The number of hydrogen-bond acceptors (Lipinski definition) is 8. The number of aromatic nitrogens is 3. The van der Waals surface area contributed by atoms with Crippen molar-refractivity contribution in [1.29, 1.82) is 0 Å². The molecular weight excluding hydrogens is 657 g/mol. The van der Waals surface area contributed by atoms with Gasteiger partial charge in [-0.05, 0) is 60.7 Å². The van der Waals surface area contributed by atoms with Crippen LogP contribution in [0.25, 0.3) is 11.0 Å². The summed E-state index contributed by atoms with van der Waals surface area (Å²) in [6.45, 7) is 0.248. The molecule has 3 aromatic carbocycles. The summed E-state index contributed by atoms with van der Waals surface area (Å²) in [6, 6.07) is 21.4. The zero-order valence-electron chi connectivity index (χ0n) is 26.5. The minimum atomic E-state index is -0.315. The highest BCUT2D eigenvalue weighted by Crippen LogP contribution is 2.36. The second-order valence-corrected chi connectivity index (χ2v) is 11.4. The molecule has 0 unspecified atom stereocenters. The molecule has 48 heavy (non-hydrogen) atoms. The smallest absolute Gasteiger partial charge is 0.297 e. The quantitative estimate of drug-likeness (QED) is 0.148. The SMILES string of the molecule is CNC(=O)c1ccc(OCC(=O)CCC(=O)N(C)c2ccc(Cl)c(COc3cccc4c3nc(OC)n4Cc3ccccn3)c2Cl)cc1. The summed E-state index contributed by atoms with van der Waals surface area (Å²) < 4.78 is 19.2. The number of hydrogen-bond donors (Lipinski definition) is 1. The minimum absolute atomic E-state index is 0.00197. The fourth-order valence-electron chi connectivity index (χ4n) is 4.94. The Labute approximate surface area is 287 Å². The molecule has 0 aliphatic heterocycles. The van der Waals surface area contributed by atoms with Gasteiger partial charge in [-0.15, -0.1) is 0 Å². The van der Waals surface area contributed by atoms with Gasteiger partial charge in [-0.3, -0.25) is 23.9 Å². The van der Waals surface area contributed by atoms with Crippen LogP contribution >= 0.6 is 23.2 Å². The van der Waals surface area contributed by atoms with Gasteiger partial charge in [-0.2, -0.15) is 4.98 Å². The number of pyridine rings is 1. The van der Waals surface area contributed by atoms with Gasteiger partial charge in [-0.1, -0.05) is 35.3 Å². The molecule has 2 amide bonds. The van der Waals surface area contributed by atoms with E-state index in [1.807, 2.05) is 34.9 Å². The lowest BCUT2D eigenvalue weighted by atomic mass is 10.1. The van der Waals surface area contributed by atoms with Crippen molar-refractivity contribution < 1.29 is 28.6 Å². The number of rotatable bonds is 14. The van der Waals surface area contributed by atoms with Crippen molar-refractivity contribution in [2.75, 3.05) is 32.7 Å². The van der Waals surface area contributed by atoms with Crippen molar-refractivity contribution in [1.82, 2.24) is 19.9 Å². The molecule has 0 saturated carbocycles. The number of nitrogens with zero attached hydrogens (tertiary/aromatic N) is 4. The van der Waals surface area contributed by atoms with E-state index in [4.69, 9.17) is 37.4 Å². The second kappa shape index (κ2) is 15.6. The first-order valence-corrected chi connectivity index (χ1v) is 15.7. The second-order valence-electron chi connectivity index (χ2n) is 10.7. The molecule has 0 saturated heterocycles. The summed E-state index contributed by atoms with van der Waals surface area (Å²) in [5.74, 6) is 0.146. The lowest BCUT2D eigenvalue weighted by Gasteiger charge is -2.21. The van der Waals surface area contributed by atoms with E-state index >= 15 is 0 Å². The molecule has 2 heterocycles. The van der Waals surface area contributed by atoms with Crippen LogP contribution in [0.4, 0.5) is 5.69 Å². The summed E-state index contributed by atoms with van der Waals surface area (Å²) >= 11 is 13.3. The Morgan fingerprint density at radius 3 is 2.44 bits per heavy atom. The topological polar surface area (TPSA) is 125 Å². The summed E-state index contributed by atoms with van der Waals surface area (Å²) in [4.78, 5) is 47.7. The predicted molar refractivity (Wildman–Crippen MR) is 183 cm³/mol. The Balaban J connectivity index is 1.22. The normalized spacial score (nSPS) is 10.9. The molecule has 1 N–H and O–H groups in total. The van der Waals surface area contributed by atoms with E-state index in [1.165, 1.54) is 4.90 Å². The lowest BCUT2D eigenvalue weighted by molar-refractivity contribution is -0.125. The van der Waals surface area contributed by atoms with E-state index in [0.29, 0.717) is 51.4 Å². The monoisotopic (exact) mass is 689 g/mol. The van der Waals surface area contributed by atoms with E-state index in [2.05, 4.69) is 15.3 Å². The first kappa shape index (κ1) is 34.2. The Bertz CT molecular complexity index is 1930. The van der Waals surface area contributed by atoms with Crippen molar-refractivity contribution >= 4 is 57.5 Å². The van der Waals surface area contributed by atoms with Gasteiger partial charge < -0.3 is 24.4 Å². The largest absolute Gasteiger partial charge is 0.486 e. The molecule has 5 rings (SSSR count). The molecule has 2 aromatic heterocycles. The fraction of sp³-hybridized carbons (Fsp3) is 0.229. The number of methoxy groups -OCH3 is 1. The first-order valence-electron chi connectivity index (χ1n) is 15.0. The molecule has 0 spiro atoms. The molecule has 5 aromatic rings. The third-order valence-electron chi connectivity index (χ3n) is 7.57. The van der Waals surface area contributed by atoms with Gasteiger partial charge in [0.15, 0.2) is 5.78 Å². The number of halogens is 2. The number of carbonyl (C=O) groups excluding carboxylic acids is 3. The van der Waals surface area contributed by atoms with Crippen LogP contribution in [0.3, 0.4) is 0 Å². The van der Waals surface area contributed by atoms with Crippen LogP contribution in [-0.4, -0.2) is 59.9 Å². The number of para-hydroxylation sites is 1. The van der Waals surface area contributed by atoms with Crippen LogP contribution in [0, 0.1) is 0 Å². The minimum Gasteiger partial charge on any atom is -0.486 e. The van der Waals surface area contributed by atoms with E-state index in [1.54, 1.807) is 69.9 Å². The van der Waals surface area contributed by atoms with Crippen LogP contribution in [-0.2, 0) is 22.7 Å².